The third-order valence-corrected chi connectivity index (χ3v) is 6.68. The Labute approximate surface area is 264 Å². The number of nitrogens with zero attached hydrogens (tertiary/aromatic N) is 2. The number of hydrazone groups is 1. The van der Waals surface area contributed by atoms with E-state index in [0.717, 1.165) is 0 Å². The average Bonchev–Trinajstić information content (AvgIpc) is 3.03. The van der Waals surface area contributed by atoms with Gasteiger partial charge in [-0.1, -0.05) is 30.3 Å². The molecule has 0 saturated heterocycles. The lowest BCUT2D eigenvalue weighted by molar-refractivity contribution is -0.384. The normalized spacial score (nSPS) is 14.3. The van der Waals surface area contributed by atoms with Crippen LogP contribution in [0.4, 0.5) is 5.69 Å². The number of methoxy groups -OCH3 is 1. The molecule has 0 radical (unpaired) electrons. The second kappa shape index (κ2) is 15.3. The summed E-state index contributed by atoms with van der Waals surface area (Å²) in [5.41, 5.74) is 5.15. The molecule has 1 aliphatic heterocycles. The van der Waals surface area contributed by atoms with Crippen LogP contribution in [-0.4, -0.2) is 48.5 Å². The predicted octanol–water partition coefficient (Wildman–Crippen LogP) is 4.07. The molecule has 13 nitrogen and oxygen atoms in total. The van der Waals surface area contributed by atoms with Crippen molar-refractivity contribution in [3.05, 3.63) is 105 Å². The summed E-state index contributed by atoms with van der Waals surface area (Å²) in [6.45, 7) is 3.41. The molecule has 4 rings (SSSR count). The highest BCUT2D eigenvalue weighted by Gasteiger charge is 2.32. The standard InChI is InChI=1S/C31H31N5O8S/c1-4-42-30(38)28-19(2)33-31(45)34-29(28)23-10-5-6-11-24(23)44-18-27(37)35-32-16-20-12-13-25(26(15-20)41-3)43-17-21-8-7-9-22(14-21)36(39)40/h5-16,29H,4,17-18H2,1-3H3,(H,35,37)(H2,33,34,45)/t29-/m1/s1. The Morgan fingerprint density at radius 2 is 1.87 bits per heavy atom. The van der Waals surface area contributed by atoms with Crippen LogP contribution in [0.25, 0.3) is 0 Å². The number of para-hydroxylation sites is 1. The molecular weight excluding hydrogens is 602 g/mol. The second-order valence-electron chi connectivity index (χ2n) is 9.54. The topological polar surface area (TPSA) is 163 Å². The van der Waals surface area contributed by atoms with Gasteiger partial charge in [0.1, 0.15) is 12.4 Å². The second-order valence-corrected chi connectivity index (χ2v) is 9.94. The molecule has 0 spiro atoms. The largest absolute Gasteiger partial charge is 0.493 e. The summed E-state index contributed by atoms with van der Waals surface area (Å²) < 4.78 is 22.3. The van der Waals surface area contributed by atoms with E-state index in [1.165, 1.54) is 25.5 Å². The molecule has 0 unspecified atom stereocenters. The minimum atomic E-state index is -0.650. The van der Waals surface area contributed by atoms with Crippen molar-refractivity contribution in [1.82, 2.24) is 16.1 Å². The van der Waals surface area contributed by atoms with Crippen molar-refractivity contribution >= 4 is 41.1 Å². The minimum Gasteiger partial charge on any atom is -0.493 e. The van der Waals surface area contributed by atoms with Crippen molar-refractivity contribution in [2.24, 2.45) is 5.10 Å². The molecule has 0 aromatic heterocycles. The van der Waals surface area contributed by atoms with Crippen molar-refractivity contribution in [2.75, 3.05) is 20.3 Å². The van der Waals surface area contributed by atoms with Gasteiger partial charge in [0, 0.05) is 23.4 Å². The van der Waals surface area contributed by atoms with Gasteiger partial charge in [0.25, 0.3) is 11.6 Å². The molecule has 1 heterocycles. The Morgan fingerprint density at radius 3 is 2.62 bits per heavy atom. The van der Waals surface area contributed by atoms with Crippen molar-refractivity contribution in [3.8, 4) is 17.2 Å². The Morgan fingerprint density at radius 1 is 1.07 bits per heavy atom. The zero-order valence-corrected chi connectivity index (χ0v) is 25.5. The number of hydrogen-bond donors (Lipinski definition) is 3. The van der Waals surface area contributed by atoms with Crippen LogP contribution in [0.15, 0.2) is 83.1 Å². The lowest BCUT2D eigenvalue weighted by Crippen LogP contribution is -2.45. The SMILES string of the molecule is CCOC(=O)C1=C(C)NC(=S)N[C@@H]1c1ccccc1OCC(=O)NN=Cc1ccc(OCc2cccc([N+](=O)[O-])c2)c(OC)c1. The van der Waals surface area contributed by atoms with Gasteiger partial charge in [-0.25, -0.2) is 10.2 Å². The highest BCUT2D eigenvalue weighted by atomic mass is 32.1. The lowest BCUT2D eigenvalue weighted by Gasteiger charge is -2.30. The van der Waals surface area contributed by atoms with Crippen LogP contribution in [0.1, 0.15) is 36.6 Å². The van der Waals surface area contributed by atoms with E-state index in [1.54, 1.807) is 68.4 Å². The molecule has 1 amide bonds. The van der Waals surface area contributed by atoms with E-state index in [4.69, 9.17) is 31.2 Å². The van der Waals surface area contributed by atoms with Crippen LogP contribution in [-0.2, 0) is 20.9 Å². The first-order valence-electron chi connectivity index (χ1n) is 13.7. The van der Waals surface area contributed by atoms with Crippen LogP contribution in [0.2, 0.25) is 0 Å². The Balaban J connectivity index is 1.36. The number of nitro groups is 1. The Hall–Kier alpha value is -5.50. The fourth-order valence-corrected chi connectivity index (χ4v) is 4.69. The molecule has 0 saturated carbocycles. The Bertz CT molecular complexity index is 1660. The fourth-order valence-electron chi connectivity index (χ4n) is 4.42. The average molecular weight is 634 g/mol. The number of non-ortho nitro benzene ring substituents is 1. The first kappa shape index (κ1) is 32.4. The number of nitrogens with one attached hydrogen (secondary N) is 3. The van der Waals surface area contributed by atoms with Gasteiger partial charge in [-0.05, 0) is 61.5 Å². The van der Waals surface area contributed by atoms with Crippen LogP contribution >= 0.6 is 12.2 Å². The highest BCUT2D eigenvalue weighted by Crippen LogP contribution is 2.34. The number of amides is 1. The molecule has 3 aromatic carbocycles. The summed E-state index contributed by atoms with van der Waals surface area (Å²) in [5.74, 6) is 0.198. The molecule has 3 N–H and O–H groups in total. The van der Waals surface area contributed by atoms with Crippen LogP contribution < -0.4 is 30.3 Å². The number of carbonyl (C=O) groups excluding carboxylic acids is 2. The number of allylic oxidation sites excluding steroid dienone is 1. The Kier molecular flexibility index (Phi) is 11.0. The fraction of sp³-hybridized carbons (Fsp3) is 0.226. The third-order valence-electron chi connectivity index (χ3n) is 6.46. The maximum Gasteiger partial charge on any atom is 0.338 e. The number of carbonyl (C=O) groups is 2. The van der Waals surface area contributed by atoms with Crippen molar-refractivity contribution in [2.45, 2.75) is 26.5 Å². The zero-order valence-electron chi connectivity index (χ0n) is 24.7. The smallest absolute Gasteiger partial charge is 0.338 e. The summed E-state index contributed by atoms with van der Waals surface area (Å²) in [5, 5.41) is 21.4. The molecule has 234 valence electrons. The summed E-state index contributed by atoms with van der Waals surface area (Å²) in [6.07, 6.45) is 1.43. The van der Waals surface area contributed by atoms with E-state index >= 15 is 0 Å². The monoisotopic (exact) mass is 633 g/mol. The van der Waals surface area contributed by atoms with Crippen molar-refractivity contribution in [1.29, 1.82) is 0 Å². The van der Waals surface area contributed by atoms with Gasteiger partial charge >= 0.3 is 5.97 Å². The summed E-state index contributed by atoms with van der Waals surface area (Å²) in [6, 6.07) is 17.6. The van der Waals surface area contributed by atoms with E-state index in [9.17, 15) is 19.7 Å². The van der Waals surface area contributed by atoms with Gasteiger partial charge < -0.3 is 29.6 Å². The number of hydrogen-bond acceptors (Lipinski definition) is 10. The number of rotatable bonds is 13. The number of ether oxygens (including phenoxy) is 4. The van der Waals surface area contributed by atoms with E-state index in [-0.39, 0.29) is 25.5 Å². The first-order chi connectivity index (χ1) is 21.7. The van der Waals surface area contributed by atoms with E-state index in [0.29, 0.717) is 50.3 Å². The lowest BCUT2D eigenvalue weighted by atomic mass is 9.95. The van der Waals surface area contributed by atoms with Gasteiger partial charge in [-0.15, -0.1) is 0 Å². The molecular formula is C31H31N5O8S. The maximum absolute atomic E-state index is 12.7. The summed E-state index contributed by atoms with van der Waals surface area (Å²) in [7, 11) is 1.48. The van der Waals surface area contributed by atoms with Crippen LogP contribution in [0.5, 0.6) is 17.2 Å². The maximum atomic E-state index is 12.7. The summed E-state index contributed by atoms with van der Waals surface area (Å²) in [4.78, 5) is 35.8. The third kappa shape index (κ3) is 8.54. The molecule has 0 bridgehead atoms. The van der Waals surface area contributed by atoms with E-state index in [2.05, 4.69) is 21.2 Å². The predicted molar refractivity (Wildman–Crippen MR) is 169 cm³/mol. The minimum absolute atomic E-state index is 0.0231. The first-order valence-corrected chi connectivity index (χ1v) is 14.1. The van der Waals surface area contributed by atoms with Crippen molar-refractivity contribution in [3.63, 3.8) is 0 Å². The van der Waals surface area contributed by atoms with Gasteiger partial charge in [0.2, 0.25) is 0 Å². The number of thiocarbonyl (C=S) groups is 1. The number of esters is 1. The molecule has 0 fully saturated rings. The molecule has 1 atom stereocenters. The summed E-state index contributed by atoms with van der Waals surface area (Å²) >= 11 is 5.31. The molecule has 45 heavy (non-hydrogen) atoms. The van der Waals surface area contributed by atoms with Crippen LogP contribution in [0, 0.1) is 10.1 Å². The van der Waals surface area contributed by atoms with Gasteiger partial charge in [-0.3, -0.25) is 14.9 Å². The zero-order chi connectivity index (χ0) is 32.3. The van der Waals surface area contributed by atoms with Gasteiger partial charge in [0.15, 0.2) is 23.2 Å². The molecule has 1 aliphatic rings. The molecule has 0 aliphatic carbocycles. The number of nitro benzene ring substituents is 1. The molecule has 3 aromatic rings. The van der Waals surface area contributed by atoms with E-state index < -0.39 is 22.8 Å². The highest BCUT2D eigenvalue weighted by molar-refractivity contribution is 7.80. The quantitative estimate of drug-likeness (QED) is 0.0818. The van der Waals surface area contributed by atoms with E-state index in [1.807, 2.05) is 0 Å². The van der Waals surface area contributed by atoms with Crippen molar-refractivity contribution < 1.29 is 33.5 Å². The van der Waals surface area contributed by atoms with Gasteiger partial charge in [-0.2, -0.15) is 5.10 Å². The number of benzene rings is 3. The van der Waals surface area contributed by atoms with Gasteiger partial charge in [0.05, 0.1) is 36.5 Å². The van der Waals surface area contributed by atoms with Crippen LogP contribution in [0.3, 0.4) is 0 Å². The molecule has 14 heteroatoms.